The van der Waals surface area contributed by atoms with Gasteiger partial charge in [-0.1, -0.05) is 26.5 Å². The number of nitrogens with one attached hydrogen (secondary N) is 1. The van der Waals surface area contributed by atoms with E-state index in [-0.39, 0.29) is 6.04 Å². The van der Waals surface area contributed by atoms with E-state index in [0.717, 1.165) is 49.9 Å². The molecule has 1 aromatic rings. The smallest absolute Gasteiger partial charge is 0.116 e. The lowest BCUT2D eigenvalue weighted by Crippen LogP contribution is -2.36. The third-order valence-electron chi connectivity index (χ3n) is 7.07. The highest BCUT2D eigenvalue weighted by Crippen LogP contribution is 2.39. The Kier molecular flexibility index (Phi) is 5.52. The summed E-state index contributed by atoms with van der Waals surface area (Å²) in [5, 5.41) is 13.0. The Morgan fingerprint density at radius 3 is 2.46 bits per heavy atom. The maximum absolute atomic E-state index is 9.33. The lowest BCUT2D eigenvalue weighted by Gasteiger charge is -2.26. The SMILES string of the molecule is C=C(CNC(C)Cc1c2c(cc3c1CC(C)C3)CC(C)C2)N1CCCC1C#N. The van der Waals surface area contributed by atoms with Crippen LogP contribution >= 0.6 is 0 Å². The average molecular weight is 378 g/mol. The van der Waals surface area contributed by atoms with Gasteiger partial charge in [-0.25, -0.2) is 0 Å². The Bertz CT molecular complexity index is 767. The Labute approximate surface area is 170 Å². The maximum Gasteiger partial charge on any atom is 0.116 e. The molecular formula is C25H35N3. The van der Waals surface area contributed by atoms with Crippen molar-refractivity contribution >= 4 is 0 Å². The lowest BCUT2D eigenvalue weighted by atomic mass is 9.90. The second-order valence-corrected chi connectivity index (χ2v) is 9.69. The van der Waals surface area contributed by atoms with Gasteiger partial charge in [-0.05, 0) is 91.5 Å². The number of rotatable bonds is 6. The van der Waals surface area contributed by atoms with Crippen LogP contribution in [0.2, 0.25) is 0 Å². The zero-order chi connectivity index (χ0) is 19.8. The van der Waals surface area contributed by atoms with Crippen LogP contribution in [0.25, 0.3) is 0 Å². The molecule has 4 rings (SSSR count). The van der Waals surface area contributed by atoms with Crippen molar-refractivity contribution in [2.24, 2.45) is 11.8 Å². The molecule has 0 radical (unpaired) electrons. The Balaban J connectivity index is 1.44. The molecule has 2 aliphatic carbocycles. The van der Waals surface area contributed by atoms with Crippen LogP contribution in [0.5, 0.6) is 0 Å². The fourth-order valence-electron chi connectivity index (χ4n) is 5.72. The molecule has 0 aromatic heterocycles. The second-order valence-electron chi connectivity index (χ2n) is 9.69. The Morgan fingerprint density at radius 1 is 1.21 bits per heavy atom. The summed E-state index contributed by atoms with van der Waals surface area (Å²) in [6, 6.07) is 5.40. The molecule has 4 atom stereocenters. The van der Waals surface area contributed by atoms with Crippen molar-refractivity contribution in [2.45, 2.75) is 77.8 Å². The first kappa shape index (κ1) is 19.5. The lowest BCUT2D eigenvalue weighted by molar-refractivity contribution is 0.355. The van der Waals surface area contributed by atoms with Gasteiger partial charge in [0.25, 0.3) is 0 Å². The van der Waals surface area contributed by atoms with Crippen LogP contribution in [0.4, 0.5) is 0 Å². The van der Waals surface area contributed by atoms with Crippen molar-refractivity contribution < 1.29 is 0 Å². The molecule has 150 valence electrons. The van der Waals surface area contributed by atoms with Gasteiger partial charge in [0.15, 0.2) is 0 Å². The Hall–Kier alpha value is -1.79. The van der Waals surface area contributed by atoms with Crippen LogP contribution in [-0.2, 0) is 32.1 Å². The van der Waals surface area contributed by atoms with Gasteiger partial charge in [-0.15, -0.1) is 0 Å². The van der Waals surface area contributed by atoms with E-state index >= 15 is 0 Å². The van der Waals surface area contributed by atoms with E-state index in [0.29, 0.717) is 6.04 Å². The van der Waals surface area contributed by atoms with Crippen LogP contribution in [0.15, 0.2) is 18.3 Å². The van der Waals surface area contributed by atoms with Gasteiger partial charge >= 0.3 is 0 Å². The summed E-state index contributed by atoms with van der Waals surface area (Å²) in [6.45, 7) is 13.1. The van der Waals surface area contributed by atoms with Gasteiger partial charge in [0.1, 0.15) is 6.04 Å². The van der Waals surface area contributed by atoms with Crippen LogP contribution < -0.4 is 5.32 Å². The fourth-order valence-corrected chi connectivity index (χ4v) is 5.72. The molecule has 0 spiro atoms. The molecule has 1 aliphatic heterocycles. The fraction of sp³-hybridized carbons (Fsp3) is 0.640. The molecule has 3 heteroatoms. The highest BCUT2D eigenvalue weighted by Gasteiger charge is 2.30. The van der Waals surface area contributed by atoms with Crippen molar-refractivity contribution in [2.75, 3.05) is 13.1 Å². The van der Waals surface area contributed by atoms with Crippen LogP contribution in [0.1, 0.15) is 61.4 Å². The summed E-state index contributed by atoms with van der Waals surface area (Å²) in [5.74, 6) is 1.57. The highest BCUT2D eigenvalue weighted by atomic mass is 15.2. The van der Waals surface area contributed by atoms with Crippen molar-refractivity contribution in [3.05, 3.63) is 46.2 Å². The molecular weight excluding hydrogens is 342 g/mol. The zero-order valence-corrected chi connectivity index (χ0v) is 17.9. The third kappa shape index (κ3) is 3.72. The number of hydrogen-bond donors (Lipinski definition) is 1. The van der Waals surface area contributed by atoms with Crippen LogP contribution in [0.3, 0.4) is 0 Å². The monoisotopic (exact) mass is 377 g/mol. The van der Waals surface area contributed by atoms with E-state index in [1.807, 2.05) is 0 Å². The molecule has 4 unspecified atom stereocenters. The number of nitrogens with zero attached hydrogens (tertiary/aromatic N) is 2. The average Bonchev–Trinajstić information content (AvgIpc) is 3.36. The standard InChI is InChI=1S/C25H35N3/c1-16-8-20-13-21-9-17(2)11-24(21)25(23(20)10-16)12-18(3)27-15-19(4)28-7-5-6-22(28)14-26/h13,16-18,22,27H,4-12,15H2,1-3H3. The van der Waals surface area contributed by atoms with Crippen molar-refractivity contribution in [1.29, 1.82) is 5.26 Å². The number of fused-ring (bicyclic) bond motifs is 2. The number of likely N-dealkylation sites (tertiary alicyclic amines) is 1. The molecule has 1 fully saturated rings. The maximum atomic E-state index is 9.33. The summed E-state index contributed by atoms with van der Waals surface area (Å²) in [7, 11) is 0. The molecule has 3 aliphatic rings. The van der Waals surface area contributed by atoms with E-state index in [9.17, 15) is 5.26 Å². The molecule has 0 amide bonds. The topological polar surface area (TPSA) is 39.1 Å². The third-order valence-corrected chi connectivity index (χ3v) is 7.07. The van der Waals surface area contributed by atoms with Gasteiger partial charge in [0.2, 0.25) is 0 Å². The zero-order valence-electron chi connectivity index (χ0n) is 17.9. The summed E-state index contributed by atoms with van der Waals surface area (Å²) in [5.41, 5.74) is 9.31. The first-order valence-corrected chi connectivity index (χ1v) is 11.2. The van der Waals surface area contributed by atoms with Gasteiger partial charge in [0.05, 0.1) is 6.07 Å². The molecule has 1 aromatic carbocycles. The summed E-state index contributed by atoms with van der Waals surface area (Å²) in [4.78, 5) is 2.20. The first-order valence-electron chi connectivity index (χ1n) is 11.2. The van der Waals surface area contributed by atoms with Crippen molar-refractivity contribution in [3.63, 3.8) is 0 Å². The van der Waals surface area contributed by atoms with Crippen LogP contribution in [-0.4, -0.2) is 30.1 Å². The Morgan fingerprint density at radius 2 is 1.86 bits per heavy atom. The molecule has 0 saturated carbocycles. The van der Waals surface area contributed by atoms with E-state index in [1.165, 1.54) is 25.7 Å². The molecule has 1 heterocycles. The van der Waals surface area contributed by atoms with Gasteiger partial charge in [-0.3, -0.25) is 0 Å². The number of hydrogen-bond acceptors (Lipinski definition) is 3. The van der Waals surface area contributed by atoms with Crippen molar-refractivity contribution in [1.82, 2.24) is 10.2 Å². The molecule has 1 N–H and O–H groups in total. The highest BCUT2D eigenvalue weighted by molar-refractivity contribution is 5.51. The first-order chi connectivity index (χ1) is 13.5. The molecule has 0 bridgehead atoms. The second kappa shape index (κ2) is 7.91. The molecule has 3 nitrogen and oxygen atoms in total. The summed E-state index contributed by atoms with van der Waals surface area (Å²) < 4.78 is 0. The predicted octanol–water partition coefficient (Wildman–Crippen LogP) is 4.18. The largest absolute Gasteiger partial charge is 0.358 e. The molecule has 28 heavy (non-hydrogen) atoms. The number of benzene rings is 1. The summed E-state index contributed by atoms with van der Waals surface area (Å²) >= 11 is 0. The van der Waals surface area contributed by atoms with Gasteiger partial charge < -0.3 is 10.2 Å². The van der Waals surface area contributed by atoms with E-state index < -0.39 is 0 Å². The minimum atomic E-state index is 0.0215. The predicted molar refractivity (Wildman–Crippen MR) is 115 cm³/mol. The van der Waals surface area contributed by atoms with Gasteiger partial charge in [-0.2, -0.15) is 5.26 Å². The minimum Gasteiger partial charge on any atom is -0.358 e. The van der Waals surface area contributed by atoms with E-state index in [1.54, 1.807) is 27.8 Å². The quantitative estimate of drug-likeness (QED) is 0.808. The van der Waals surface area contributed by atoms with E-state index in [4.69, 9.17) is 0 Å². The minimum absolute atomic E-state index is 0.0215. The van der Waals surface area contributed by atoms with Crippen molar-refractivity contribution in [3.8, 4) is 6.07 Å². The normalized spacial score (nSPS) is 26.8. The summed E-state index contributed by atoms with van der Waals surface area (Å²) in [6.07, 6.45) is 8.21. The molecule has 1 saturated heterocycles. The van der Waals surface area contributed by atoms with Gasteiger partial charge in [0, 0.05) is 24.8 Å². The van der Waals surface area contributed by atoms with Crippen LogP contribution in [0, 0.1) is 23.2 Å². The van der Waals surface area contributed by atoms with E-state index in [2.05, 4.69) is 49.7 Å². The number of nitriles is 1.